The molecule has 0 saturated heterocycles. The smallest absolute Gasteiger partial charge is 0.362 e. The average molecular weight is 318 g/mol. The molecule has 1 N–H and O–H groups in total. The fourth-order valence-corrected chi connectivity index (χ4v) is 2.08. The highest BCUT2D eigenvalue weighted by Gasteiger charge is 2.08. The molecule has 1 heterocycles. The van der Waals surface area contributed by atoms with Gasteiger partial charge in [-0.15, -0.1) is 0 Å². The van der Waals surface area contributed by atoms with Crippen LogP contribution in [0.4, 0.5) is 4.39 Å². The molecule has 0 amide bonds. The zero-order chi connectivity index (χ0) is 15.7. The van der Waals surface area contributed by atoms with Crippen molar-refractivity contribution in [3.05, 3.63) is 75.0 Å². The molecule has 0 aliphatic carbocycles. The van der Waals surface area contributed by atoms with Crippen LogP contribution in [0, 0.1) is 5.82 Å². The number of nitrogens with zero attached hydrogens (tertiary/aromatic N) is 1. The molecule has 0 atom stereocenters. The van der Waals surface area contributed by atoms with E-state index in [-0.39, 0.29) is 11.5 Å². The number of hydrogen-bond donors (Lipinski definition) is 1. The van der Waals surface area contributed by atoms with Crippen LogP contribution in [-0.2, 0) is 0 Å². The van der Waals surface area contributed by atoms with Crippen LogP contribution in [0.3, 0.4) is 0 Å². The van der Waals surface area contributed by atoms with Crippen molar-refractivity contribution in [3.8, 4) is 0 Å². The normalized spacial score (nSPS) is 11.8. The quantitative estimate of drug-likeness (QED) is 0.725. The number of aliphatic hydroxyl groups is 1. The lowest BCUT2D eigenvalue weighted by Gasteiger charge is -2.01. The van der Waals surface area contributed by atoms with Crippen LogP contribution in [0.25, 0.3) is 22.9 Å². The molecule has 0 aliphatic rings. The third-order valence-corrected chi connectivity index (χ3v) is 3.22. The Morgan fingerprint density at radius 2 is 1.95 bits per heavy atom. The Labute approximate surface area is 129 Å². The van der Waals surface area contributed by atoms with Crippen molar-refractivity contribution in [1.29, 1.82) is 0 Å². The van der Waals surface area contributed by atoms with Crippen molar-refractivity contribution in [1.82, 2.24) is 4.98 Å². The second-order valence-corrected chi connectivity index (χ2v) is 4.97. The summed E-state index contributed by atoms with van der Waals surface area (Å²) in [7, 11) is 0. The van der Waals surface area contributed by atoms with Gasteiger partial charge in [0.2, 0.25) is 0 Å². The Bertz CT molecular complexity index is 932. The molecule has 0 aliphatic heterocycles. The van der Waals surface area contributed by atoms with Crippen molar-refractivity contribution in [2.45, 2.75) is 0 Å². The number of benzene rings is 2. The maximum atomic E-state index is 12.9. The molecular weight excluding hydrogens is 309 g/mol. The molecule has 1 aromatic heterocycles. The third-order valence-electron chi connectivity index (χ3n) is 2.99. The predicted octanol–water partition coefficient (Wildman–Crippen LogP) is 4.04. The van der Waals surface area contributed by atoms with Gasteiger partial charge in [-0.3, -0.25) is 0 Å². The van der Waals surface area contributed by atoms with Gasteiger partial charge in [0, 0.05) is 16.7 Å². The summed E-state index contributed by atoms with van der Waals surface area (Å²) in [5.74, 6) is -0.643. The monoisotopic (exact) mass is 317 g/mol. The van der Waals surface area contributed by atoms with Crippen LogP contribution in [0.2, 0.25) is 5.02 Å². The summed E-state index contributed by atoms with van der Waals surface area (Å²) >= 11 is 5.87. The fraction of sp³-hybridized carbons (Fsp3) is 0. The van der Waals surface area contributed by atoms with Gasteiger partial charge in [0.25, 0.3) is 0 Å². The van der Waals surface area contributed by atoms with Gasteiger partial charge in [-0.25, -0.2) is 14.2 Å². The van der Waals surface area contributed by atoms with Crippen LogP contribution >= 0.6 is 11.6 Å². The Kier molecular flexibility index (Phi) is 3.65. The van der Waals surface area contributed by atoms with Crippen LogP contribution < -0.4 is 5.63 Å². The molecule has 0 spiro atoms. The molecule has 0 fully saturated rings. The second kappa shape index (κ2) is 5.61. The lowest BCUT2D eigenvalue weighted by Crippen LogP contribution is -2.06. The van der Waals surface area contributed by atoms with Gasteiger partial charge in [0.1, 0.15) is 17.1 Å². The van der Waals surface area contributed by atoms with E-state index in [9.17, 15) is 14.3 Å². The largest absolute Gasteiger partial charge is 0.507 e. The molecule has 110 valence electrons. The molecule has 2 aromatic carbocycles. The van der Waals surface area contributed by atoms with E-state index in [1.165, 1.54) is 30.3 Å². The Morgan fingerprint density at radius 1 is 1.23 bits per heavy atom. The molecule has 22 heavy (non-hydrogen) atoms. The van der Waals surface area contributed by atoms with Gasteiger partial charge in [-0.05, 0) is 42.5 Å². The first-order valence-electron chi connectivity index (χ1n) is 6.30. The van der Waals surface area contributed by atoms with Crippen LogP contribution in [0.5, 0.6) is 0 Å². The van der Waals surface area contributed by atoms with Crippen molar-refractivity contribution < 1.29 is 13.9 Å². The van der Waals surface area contributed by atoms with Crippen molar-refractivity contribution in [2.75, 3.05) is 0 Å². The van der Waals surface area contributed by atoms with Gasteiger partial charge in [-0.2, -0.15) is 0 Å². The minimum Gasteiger partial charge on any atom is -0.507 e. The highest BCUT2D eigenvalue weighted by Crippen LogP contribution is 2.18. The first kappa shape index (κ1) is 14.3. The van der Waals surface area contributed by atoms with E-state index in [0.29, 0.717) is 21.7 Å². The minimum atomic E-state index is -0.691. The standard InChI is InChI=1S/C16H9ClFNO3/c17-10-3-6-15-12(7-10)19-13(16(21)22-15)8-14(20)9-1-4-11(18)5-2-9/h1-8,20H/b14-8-. The lowest BCUT2D eigenvalue weighted by molar-refractivity contribution is 0.513. The minimum absolute atomic E-state index is 0.0726. The first-order chi connectivity index (χ1) is 10.5. The average Bonchev–Trinajstić information content (AvgIpc) is 2.49. The number of aliphatic hydroxyl groups excluding tert-OH is 1. The second-order valence-electron chi connectivity index (χ2n) is 4.54. The lowest BCUT2D eigenvalue weighted by atomic mass is 10.1. The zero-order valence-electron chi connectivity index (χ0n) is 11.1. The summed E-state index contributed by atoms with van der Waals surface area (Å²) < 4.78 is 18.0. The van der Waals surface area contributed by atoms with E-state index in [2.05, 4.69) is 4.98 Å². The molecule has 0 saturated carbocycles. The number of aromatic nitrogens is 1. The van der Waals surface area contributed by atoms with E-state index in [4.69, 9.17) is 16.0 Å². The van der Waals surface area contributed by atoms with E-state index >= 15 is 0 Å². The molecular formula is C16H9ClFNO3. The maximum absolute atomic E-state index is 12.9. The summed E-state index contributed by atoms with van der Waals surface area (Å²) in [5, 5.41) is 10.5. The third kappa shape index (κ3) is 2.84. The van der Waals surface area contributed by atoms with Crippen LogP contribution in [0.15, 0.2) is 51.7 Å². The Balaban J connectivity index is 2.09. The Hall–Kier alpha value is -2.66. The summed E-state index contributed by atoms with van der Waals surface area (Å²) in [6.07, 6.45) is 1.17. The molecule has 0 bridgehead atoms. The van der Waals surface area contributed by atoms with Crippen LogP contribution in [0.1, 0.15) is 11.3 Å². The summed E-state index contributed by atoms with van der Waals surface area (Å²) in [6.45, 7) is 0. The molecule has 3 rings (SSSR count). The summed E-state index contributed by atoms with van der Waals surface area (Å²) in [5.41, 5.74) is 0.284. The van der Waals surface area contributed by atoms with Gasteiger partial charge < -0.3 is 9.52 Å². The molecule has 0 unspecified atom stereocenters. The zero-order valence-corrected chi connectivity index (χ0v) is 11.8. The molecule has 4 nitrogen and oxygen atoms in total. The number of halogens is 2. The molecule has 0 radical (unpaired) electrons. The number of hydrogen-bond acceptors (Lipinski definition) is 4. The van der Waals surface area contributed by atoms with Gasteiger partial charge in [0.15, 0.2) is 11.3 Å². The summed E-state index contributed by atoms with van der Waals surface area (Å²) in [4.78, 5) is 16.0. The predicted molar refractivity (Wildman–Crippen MR) is 82.2 cm³/mol. The highest BCUT2D eigenvalue weighted by atomic mass is 35.5. The van der Waals surface area contributed by atoms with Gasteiger partial charge >= 0.3 is 5.63 Å². The first-order valence-corrected chi connectivity index (χ1v) is 6.68. The van der Waals surface area contributed by atoms with Crippen molar-refractivity contribution in [3.63, 3.8) is 0 Å². The topological polar surface area (TPSA) is 63.3 Å². The maximum Gasteiger partial charge on any atom is 0.362 e. The van der Waals surface area contributed by atoms with E-state index in [1.54, 1.807) is 18.2 Å². The van der Waals surface area contributed by atoms with Gasteiger partial charge in [0.05, 0.1) is 0 Å². The van der Waals surface area contributed by atoms with Crippen molar-refractivity contribution in [2.24, 2.45) is 0 Å². The summed E-state index contributed by atoms with van der Waals surface area (Å²) in [6, 6.07) is 9.86. The highest BCUT2D eigenvalue weighted by molar-refractivity contribution is 6.31. The Morgan fingerprint density at radius 3 is 2.68 bits per heavy atom. The van der Waals surface area contributed by atoms with E-state index in [1.807, 2.05) is 0 Å². The molecule has 6 heteroatoms. The van der Waals surface area contributed by atoms with Crippen molar-refractivity contribution >= 4 is 34.5 Å². The van der Waals surface area contributed by atoms with Crippen LogP contribution in [-0.4, -0.2) is 10.1 Å². The SMILES string of the molecule is O=c1oc2ccc(Cl)cc2nc1/C=C(\O)c1ccc(F)cc1. The number of fused-ring (bicyclic) bond motifs is 1. The number of rotatable bonds is 2. The molecule has 3 aromatic rings. The van der Waals surface area contributed by atoms with E-state index in [0.717, 1.165) is 0 Å². The van der Waals surface area contributed by atoms with Gasteiger partial charge in [-0.1, -0.05) is 11.6 Å². The fourth-order valence-electron chi connectivity index (χ4n) is 1.92. The van der Waals surface area contributed by atoms with E-state index < -0.39 is 11.4 Å².